The Morgan fingerprint density at radius 2 is 1.61 bits per heavy atom. The van der Waals surface area contributed by atoms with Gasteiger partial charge in [0.2, 0.25) is 10.0 Å². The summed E-state index contributed by atoms with van der Waals surface area (Å²) in [6.45, 7) is 12.8. The first-order chi connectivity index (χ1) is 13.0. The highest BCUT2D eigenvalue weighted by Crippen LogP contribution is 2.23. The van der Waals surface area contributed by atoms with E-state index in [0.717, 1.165) is 10.6 Å². The molecule has 2 rings (SSSR count). The standard InChI is InChI=1S/C20H29N3O3S2/c1-13(2)11-23(12-14(3)4)28(25,26)18-9-7-17(8-10-18)19(24)22-20-21-15(5)16(6)27-20/h7-10,13-14H,11-12H2,1-6H3,(H,21,22,24). The lowest BCUT2D eigenvalue weighted by atomic mass is 10.2. The zero-order valence-electron chi connectivity index (χ0n) is 17.3. The number of sulfonamides is 1. The second-order valence-electron chi connectivity index (χ2n) is 7.75. The van der Waals surface area contributed by atoms with E-state index in [-0.39, 0.29) is 22.6 Å². The number of rotatable bonds is 8. The molecule has 1 aromatic heterocycles. The smallest absolute Gasteiger partial charge is 0.257 e. The number of amides is 1. The van der Waals surface area contributed by atoms with Crippen LogP contribution in [0.1, 0.15) is 48.6 Å². The molecule has 0 radical (unpaired) electrons. The quantitative estimate of drug-likeness (QED) is 0.686. The predicted octanol–water partition coefficient (Wildman–Crippen LogP) is 4.31. The molecule has 0 bridgehead atoms. The largest absolute Gasteiger partial charge is 0.298 e. The molecule has 8 heteroatoms. The summed E-state index contributed by atoms with van der Waals surface area (Å²) >= 11 is 1.41. The third kappa shape index (κ3) is 5.62. The molecule has 0 aliphatic rings. The molecule has 0 unspecified atom stereocenters. The molecule has 0 atom stereocenters. The molecule has 0 saturated heterocycles. The summed E-state index contributed by atoms with van der Waals surface area (Å²) in [5.41, 5.74) is 1.28. The maximum absolute atomic E-state index is 13.0. The van der Waals surface area contributed by atoms with Gasteiger partial charge in [-0.1, -0.05) is 27.7 Å². The SMILES string of the molecule is Cc1nc(NC(=O)c2ccc(S(=O)(=O)N(CC(C)C)CC(C)C)cc2)sc1C. The van der Waals surface area contributed by atoms with E-state index >= 15 is 0 Å². The zero-order valence-corrected chi connectivity index (χ0v) is 18.9. The van der Waals surface area contributed by atoms with Crippen molar-refractivity contribution in [3.05, 3.63) is 40.4 Å². The minimum Gasteiger partial charge on any atom is -0.298 e. The van der Waals surface area contributed by atoms with Crippen molar-refractivity contribution in [1.82, 2.24) is 9.29 Å². The van der Waals surface area contributed by atoms with E-state index in [1.165, 1.54) is 27.8 Å². The number of anilines is 1. The van der Waals surface area contributed by atoms with Gasteiger partial charge in [-0.2, -0.15) is 4.31 Å². The van der Waals surface area contributed by atoms with Crippen LogP contribution in [-0.2, 0) is 10.0 Å². The number of carbonyl (C=O) groups excluding carboxylic acids is 1. The first kappa shape index (κ1) is 22.5. The van der Waals surface area contributed by atoms with Gasteiger partial charge in [-0.3, -0.25) is 10.1 Å². The Balaban J connectivity index is 2.20. The van der Waals surface area contributed by atoms with Crippen molar-refractivity contribution in [2.24, 2.45) is 11.8 Å². The van der Waals surface area contributed by atoms with Gasteiger partial charge in [0.25, 0.3) is 5.91 Å². The molecule has 1 amide bonds. The minimum absolute atomic E-state index is 0.200. The van der Waals surface area contributed by atoms with Crippen LogP contribution >= 0.6 is 11.3 Å². The molecule has 2 aromatic rings. The van der Waals surface area contributed by atoms with Crippen LogP contribution in [0.5, 0.6) is 0 Å². The summed E-state index contributed by atoms with van der Waals surface area (Å²) in [5, 5.41) is 3.30. The summed E-state index contributed by atoms with van der Waals surface area (Å²) in [5.74, 6) is 0.145. The Hall–Kier alpha value is -1.77. The minimum atomic E-state index is -3.60. The fraction of sp³-hybridized carbons (Fsp3) is 0.500. The molecule has 28 heavy (non-hydrogen) atoms. The van der Waals surface area contributed by atoms with E-state index in [0.29, 0.717) is 23.8 Å². The molecular formula is C20H29N3O3S2. The number of aryl methyl sites for hydroxylation is 2. The van der Waals surface area contributed by atoms with Crippen LogP contribution in [0.4, 0.5) is 5.13 Å². The molecular weight excluding hydrogens is 394 g/mol. The van der Waals surface area contributed by atoms with E-state index in [9.17, 15) is 13.2 Å². The average Bonchev–Trinajstić information content (AvgIpc) is 2.91. The second-order valence-corrected chi connectivity index (χ2v) is 10.9. The van der Waals surface area contributed by atoms with Crippen LogP contribution in [-0.4, -0.2) is 36.7 Å². The highest BCUT2D eigenvalue weighted by atomic mass is 32.2. The maximum Gasteiger partial charge on any atom is 0.257 e. The van der Waals surface area contributed by atoms with Crippen LogP contribution < -0.4 is 5.32 Å². The second kappa shape index (κ2) is 9.15. The highest BCUT2D eigenvalue weighted by Gasteiger charge is 2.26. The van der Waals surface area contributed by atoms with E-state index in [4.69, 9.17) is 0 Å². The summed E-state index contributed by atoms with van der Waals surface area (Å²) in [6, 6.07) is 6.07. The van der Waals surface area contributed by atoms with Gasteiger partial charge < -0.3 is 0 Å². The van der Waals surface area contributed by atoms with Crippen LogP contribution in [0.15, 0.2) is 29.2 Å². The monoisotopic (exact) mass is 423 g/mol. The van der Waals surface area contributed by atoms with Crippen molar-refractivity contribution in [1.29, 1.82) is 0 Å². The predicted molar refractivity (Wildman–Crippen MR) is 114 cm³/mol. The lowest BCUT2D eigenvalue weighted by molar-refractivity contribution is 0.102. The Kier molecular flexibility index (Phi) is 7.36. The first-order valence-corrected chi connectivity index (χ1v) is 11.6. The van der Waals surface area contributed by atoms with Crippen molar-refractivity contribution in [2.75, 3.05) is 18.4 Å². The summed E-state index contributed by atoms with van der Waals surface area (Å²) in [4.78, 5) is 18.0. The Labute approximate surface area is 172 Å². The molecule has 0 aliphatic carbocycles. The summed E-state index contributed by atoms with van der Waals surface area (Å²) < 4.78 is 27.6. The van der Waals surface area contributed by atoms with Crippen LogP contribution in [0.2, 0.25) is 0 Å². The Bertz CT molecular complexity index is 887. The van der Waals surface area contributed by atoms with E-state index in [1.807, 2.05) is 41.5 Å². The molecule has 0 saturated carbocycles. The molecule has 0 fully saturated rings. The van der Waals surface area contributed by atoms with Crippen LogP contribution in [0.3, 0.4) is 0 Å². The van der Waals surface area contributed by atoms with E-state index < -0.39 is 10.0 Å². The Morgan fingerprint density at radius 3 is 2.04 bits per heavy atom. The van der Waals surface area contributed by atoms with Crippen molar-refractivity contribution >= 4 is 32.4 Å². The van der Waals surface area contributed by atoms with Gasteiger partial charge in [-0.25, -0.2) is 13.4 Å². The van der Waals surface area contributed by atoms with Gasteiger partial charge in [0, 0.05) is 23.5 Å². The number of nitrogens with zero attached hydrogens (tertiary/aromatic N) is 2. The van der Waals surface area contributed by atoms with Gasteiger partial charge in [-0.15, -0.1) is 11.3 Å². The van der Waals surface area contributed by atoms with Gasteiger partial charge in [-0.05, 0) is 49.9 Å². The van der Waals surface area contributed by atoms with Gasteiger partial charge >= 0.3 is 0 Å². The van der Waals surface area contributed by atoms with Crippen molar-refractivity contribution in [3.63, 3.8) is 0 Å². The summed E-state index contributed by atoms with van der Waals surface area (Å²) in [7, 11) is -3.60. The van der Waals surface area contributed by atoms with Crippen LogP contribution in [0, 0.1) is 25.7 Å². The number of hydrogen-bond donors (Lipinski definition) is 1. The third-order valence-electron chi connectivity index (χ3n) is 4.14. The normalized spacial score (nSPS) is 12.2. The molecule has 154 valence electrons. The van der Waals surface area contributed by atoms with Crippen molar-refractivity contribution in [3.8, 4) is 0 Å². The number of thiazole rings is 1. The fourth-order valence-electron chi connectivity index (χ4n) is 2.71. The molecule has 6 nitrogen and oxygen atoms in total. The number of benzene rings is 1. The molecule has 0 aliphatic heterocycles. The van der Waals surface area contributed by atoms with Crippen molar-refractivity contribution < 1.29 is 13.2 Å². The van der Waals surface area contributed by atoms with Crippen LogP contribution in [0.25, 0.3) is 0 Å². The number of hydrogen-bond acceptors (Lipinski definition) is 5. The molecule has 1 heterocycles. The maximum atomic E-state index is 13.0. The molecule has 1 aromatic carbocycles. The van der Waals surface area contributed by atoms with Gasteiger partial charge in [0.05, 0.1) is 10.6 Å². The van der Waals surface area contributed by atoms with Crippen molar-refractivity contribution in [2.45, 2.75) is 46.4 Å². The number of carbonyl (C=O) groups is 1. The van der Waals surface area contributed by atoms with E-state index in [1.54, 1.807) is 12.1 Å². The topological polar surface area (TPSA) is 79.4 Å². The lowest BCUT2D eigenvalue weighted by Gasteiger charge is -2.25. The lowest BCUT2D eigenvalue weighted by Crippen LogP contribution is -2.37. The number of nitrogens with one attached hydrogen (secondary N) is 1. The van der Waals surface area contributed by atoms with E-state index in [2.05, 4.69) is 10.3 Å². The average molecular weight is 424 g/mol. The third-order valence-corrected chi connectivity index (χ3v) is 6.97. The highest BCUT2D eigenvalue weighted by molar-refractivity contribution is 7.89. The summed E-state index contributed by atoms with van der Waals surface area (Å²) in [6.07, 6.45) is 0. The molecule has 1 N–H and O–H groups in total. The number of aromatic nitrogens is 1. The molecule has 0 spiro atoms. The van der Waals surface area contributed by atoms with Gasteiger partial charge in [0.15, 0.2) is 5.13 Å². The Morgan fingerprint density at radius 1 is 1.07 bits per heavy atom. The van der Waals surface area contributed by atoms with Gasteiger partial charge in [0.1, 0.15) is 0 Å². The zero-order chi connectivity index (χ0) is 21.1. The first-order valence-electron chi connectivity index (χ1n) is 9.36. The fourth-order valence-corrected chi connectivity index (χ4v) is 5.28.